The average molecular weight is 382 g/mol. The van der Waals surface area contributed by atoms with E-state index < -0.39 is 0 Å². The Morgan fingerprint density at radius 2 is 1.59 bits per heavy atom. The number of nitrogens with zero attached hydrogens (tertiary/aromatic N) is 3. The minimum atomic E-state index is -0.333. The van der Waals surface area contributed by atoms with Crippen LogP contribution in [0.5, 0.6) is 0 Å². The minimum absolute atomic E-state index is 0.132. The Morgan fingerprint density at radius 1 is 0.862 bits per heavy atom. The van der Waals surface area contributed by atoms with Crippen molar-refractivity contribution in [1.29, 1.82) is 0 Å². The fourth-order valence-corrected chi connectivity index (χ4v) is 3.24. The van der Waals surface area contributed by atoms with Gasteiger partial charge in [-0.3, -0.25) is 4.79 Å². The molecule has 3 aromatic carbocycles. The van der Waals surface area contributed by atoms with Gasteiger partial charge in [-0.1, -0.05) is 60.2 Å². The molecule has 0 spiro atoms. The highest BCUT2D eigenvalue weighted by molar-refractivity contribution is 6.02. The summed E-state index contributed by atoms with van der Waals surface area (Å²) >= 11 is 0. The Kier molecular flexibility index (Phi) is 4.96. The molecule has 0 unspecified atom stereocenters. The standard InChI is InChI=1S/C24H22N4O/c1-16-9-8-12-19(15-16)23-26-22(24(29)25-20-13-6-4-10-17(20)2)27-28(23)21-14-7-5-11-18(21)3/h4-15H,1-3H3,(H,25,29). The maximum Gasteiger partial charge on any atom is 0.295 e. The summed E-state index contributed by atoms with van der Waals surface area (Å²) in [6.07, 6.45) is 0. The highest BCUT2D eigenvalue weighted by Crippen LogP contribution is 2.24. The lowest BCUT2D eigenvalue weighted by molar-refractivity contribution is 0.101. The van der Waals surface area contributed by atoms with Gasteiger partial charge in [0, 0.05) is 11.3 Å². The molecule has 144 valence electrons. The van der Waals surface area contributed by atoms with Crippen LogP contribution in [-0.4, -0.2) is 20.7 Å². The van der Waals surface area contributed by atoms with Crippen LogP contribution in [0.3, 0.4) is 0 Å². The number of carbonyl (C=O) groups is 1. The van der Waals surface area contributed by atoms with E-state index in [1.807, 2.05) is 93.6 Å². The normalized spacial score (nSPS) is 10.7. The Bertz CT molecular complexity index is 1190. The molecular weight excluding hydrogens is 360 g/mol. The number of benzene rings is 3. The van der Waals surface area contributed by atoms with Gasteiger partial charge in [0.25, 0.3) is 5.91 Å². The summed E-state index contributed by atoms with van der Waals surface area (Å²) in [5, 5.41) is 7.49. The first kappa shape index (κ1) is 18.6. The summed E-state index contributed by atoms with van der Waals surface area (Å²) in [5.74, 6) is 0.437. The fourth-order valence-electron chi connectivity index (χ4n) is 3.24. The third-order valence-corrected chi connectivity index (χ3v) is 4.82. The van der Waals surface area contributed by atoms with Crippen LogP contribution in [0.25, 0.3) is 17.1 Å². The Labute approximate surface area is 170 Å². The second-order valence-corrected chi connectivity index (χ2v) is 7.10. The number of anilines is 1. The van der Waals surface area contributed by atoms with Crippen LogP contribution in [0.4, 0.5) is 5.69 Å². The SMILES string of the molecule is Cc1cccc(-c2nc(C(=O)Nc3ccccc3C)nn2-c2ccccc2C)c1. The van der Waals surface area contributed by atoms with Gasteiger partial charge in [-0.05, 0) is 50.1 Å². The third kappa shape index (κ3) is 3.80. The van der Waals surface area contributed by atoms with Crippen LogP contribution in [0, 0.1) is 20.8 Å². The molecule has 0 bridgehead atoms. The summed E-state index contributed by atoms with van der Waals surface area (Å²) < 4.78 is 1.75. The van der Waals surface area contributed by atoms with E-state index in [1.54, 1.807) is 4.68 Å². The highest BCUT2D eigenvalue weighted by atomic mass is 16.2. The molecule has 0 saturated heterocycles. The molecule has 29 heavy (non-hydrogen) atoms. The molecule has 0 saturated carbocycles. The van der Waals surface area contributed by atoms with E-state index in [9.17, 15) is 4.79 Å². The van der Waals surface area contributed by atoms with Gasteiger partial charge in [-0.15, -0.1) is 5.10 Å². The minimum Gasteiger partial charge on any atom is -0.319 e. The smallest absolute Gasteiger partial charge is 0.295 e. The summed E-state index contributed by atoms with van der Waals surface area (Å²) in [5.41, 5.74) is 5.71. The Morgan fingerprint density at radius 3 is 2.31 bits per heavy atom. The quantitative estimate of drug-likeness (QED) is 0.533. The first-order chi connectivity index (χ1) is 14.0. The Hall–Kier alpha value is -3.73. The van der Waals surface area contributed by atoms with Gasteiger partial charge in [0.1, 0.15) is 0 Å². The van der Waals surface area contributed by atoms with E-state index in [1.165, 1.54) is 0 Å². The van der Waals surface area contributed by atoms with Crippen LogP contribution in [0.15, 0.2) is 72.8 Å². The van der Waals surface area contributed by atoms with Crippen molar-refractivity contribution in [2.45, 2.75) is 20.8 Å². The molecule has 1 heterocycles. The van der Waals surface area contributed by atoms with Crippen LogP contribution < -0.4 is 5.32 Å². The number of carbonyl (C=O) groups excluding carboxylic acids is 1. The molecule has 5 nitrogen and oxygen atoms in total. The number of hydrogen-bond donors (Lipinski definition) is 1. The van der Waals surface area contributed by atoms with Crippen molar-refractivity contribution < 1.29 is 4.79 Å². The summed E-state index contributed by atoms with van der Waals surface area (Å²) in [6.45, 7) is 6.00. The van der Waals surface area contributed by atoms with Crippen LogP contribution >= 0.6 is 0 Å². The number of aromatic nitrogens is 3. The molecule has 5 heteroatoms. The second-order valence-electron chi connectivity index (χ2n) is 7.10. The number of nitrogens with one attached hydrogen (secondary N) is 1. The summed E-state index contributed by atoms with van der Waals surface area (Å²) in [4.78, 5) is 17.5. The van der Waals surface area contributed by atoms with E-state index in [0.29, 0.717) is 5.82 Å². The first-order valence-electron chi connectivity index (χ1n) is 9.50. The second kappa shape index (κ2) is 7.72. The topological polar surface area (TPSA) is 59.8 Å². The van der Waals surface area contributed by atoms with Gasteiger partial charge in [0.2, 0.25) is 5.82 Å². The Balaban J connectivity index is 1.80. The molecule has 0 aliphatic rings. The molecule has 1 aromatic heterocycles. The van der Waals surface area contributed by atoms with Crippen LogP contribution in [-0.2, 0) is 0 Å². The molecule has 0 aliphatic heterocycles. The zero-order valence-electron chi connectivity index (χ0n) is 16.7. The fraction of sp³-hybridized carbons (Fsp3) is 0.125. The maximum atomic E-state index is 12.9. The number of rotatable bonds is 4. The van der Waals surface area contributed by atoms with Crippen molar-refractivity contribution in [3.8, 4) is 17.1 Å². The van der Waals surface area contributed by atoms with E-state index in [2.05, 4.69) is 15.4 Å². The number of para-hydroxylation sites is 2. The molecule has 0 fully saturated rings. The molecule has 4 rings (SSSR count). The van der Waals surface area contributed by atoms with Gasteiger partial charge in [-0.25, -0.2) is 9.67 Å². The average Bonchev–Trinajstić information content (AvgIpc) is 3.15. The van der Waals surface area contributed by atoms with Crippen LogP contribution in [0.2, 0.25) is 0 Å². The lowest BCUT2D eigenvalue weighted by Gasteiger charge is -2.09. The van der Waals surface area contributed by atoms with Gasteiger partial charge < -0.3 is 5.32 Å². The third-order valence-electron chi connectivity index (χ3n) is 4.82. The molecule has 0 atom stereocenters. The van der Waals surface area contributed by atoms with Crippen molar-refractivity contribution in [1.82, 2.24) is 14.8 Å². The molecule has 0 radical (unpaired) electrons. The highest BCUT2D eigenvalue weighted by Gasteiger charge is 2.20. The summed E-state index contributed by atoms with van der Waals surface area (Å²) in [7, 11) is 0. The molecule has 4 aromatic rings. The van der Waals surface area contributed by atoms with Gasteiger partial charge in [-0.2, -0.15) is 0 Å². The monoisotopic (exact) mass is 382 g/mol. The largest absolute Gasteiger partial charge is 0.319 e. The maximum absolute atomic E-state index is 12.9. The zero-order valence-corrected chi connectivity index (χ0v) is 16.7. The zero-order chi connectivity index (χ0) is 20.4. The predicted octanol–water partition coefficient (Wildman–Crippen LogP) is 5.11. The number of amides is 1. The predicted molar refractivity (Wildman–Crippen MR) is 115 cm³/mol. The van der Waals surface area contributed by atoms with Crippen molar-refractivity contribution in [2.24, 2.45) is 0 Å². The number of aryl methyl sites for hydroxylation is 3. The van der Waals surface area contributed by atoms with E-state index in [4.69, 9.17) is 0 Å². The first-order valence-corrected chi connectivity index (χ1v) is 9.50. The van der Waals surface area contributed by atoms with Crippen molar-refractivity contribution in [3.05, 3.63) is 95.3 Å². The van der Waals surface area contributed by atoms with E-state index in [-0.39, 0.29) is 11.7 Å². The van der Waals surface area contributed by atoms with Crippen molar-refractivity contribution in [3.63, 3.8) is 0 Å². The molecule has 1 amide bonds. The van der Waals surface area contributed by atoms with Gasteiger partial charge >= 0.3 is 0 Å². The molecule has 1 N–H and O–H groups in total. The lowest BCUT2D eigenvalue weighted by atomic mass is 10.1. The summed E-state index contributed by atoms with van der Waals surface area (Å²) in [6, 6.07) is 23.6. The van der Waals surface area contributed by atoms with E-state index in [0.717, 1.165) is 33.6 Å². The molecule has 0 aliphatic carbocycles. The van der Waals surface area contributed by atoms with Crippen molar-refractivity contribution in [2.75, 3.05) is 5.32 Å². The van der Waals surface area contributed by atoms with E-state index >= 15 is 0 Å². The van der Waals surface area contributed by atoms with Gasteiger partial charge in [0.15, 0.2) is 5.82 Å². The number of hydrogen-bond acceptors (Lipinski definition) is 3. The molecular formula is C24H22N4O. The van der Waals surface area contributed by atoms with Crippen molar-refractivity contribution >= 4 is 11.6 Å². The van der Waals surface area contributed by atoms with Crippen LogP contribution in [0.1, 0.15) is 27.3 Å². The van der Waals surface area contributed by atoms with Gasteiger partial charge in [0.05, 0.1) is 5.69 Å². The lowest BCUT2D eigenvalue weighted by Crippen LogP contribution is -2.15.